The molecular formula is C25H23N3O3S2. The van der Waals surface area contributed by atoms with E-state index in [9.17, 15) is 14.4 Å². The molecule has 168 valence electrons. The summed E-state index contributed by atoms with van der Waals surface area (Å²) in [5, 5.41) is 0. The van der Waals surface area contributed by atoms with Crippen LogP contribution in [0.3, 0.4) is 0 Å². The summed E-state index contributed by atoms with van der Waals surface area (Å²) in [4.78, 5) is 46.6. The van der Waals surface area contributed by atoms with Gasteiger partial charge in [-0.3, -0.25) is 19.3 Å². The molecule has 3 aromatic rings. The number of hydrogen-bond acceptors (Lipinski definition) is 6. The molecule has 0 N–H and O–H groups in total. The Morgan fingerprint density at radius 3 is 2.61 bits per heavy atom. The van der Waals surface area contributed by atoms with Crippen LogP contribution in [0.1, 0.15) is 31.2 Å². The zero-order chi connectivity index (χ0) is 22.5. The topological polar surface area (TPSA) is 70.6 Å². The molecule has 2 aromatic carbocycles. The van der Waals surface area contributed by atoms with Gasteiger partial charge in [0, 0.05) is 12.2 Å². The zero-order valence-corrected chi connectivity index (χ0v) is 19.7. The van der Waals surface area contributed by atoms with E-state index in [2.05, 4.69) is 11.1 Å². The molecule has 1 saturated carbocycles. The number of thiazole rings is 1. The standard InChI is InChI=1S/C25H23N3O3S2/c29-22(27-12-11-15-5-1-4-8-20(15)27)14-32-25-26-19-10-9-16(13-21(19)33-25)28-23(30)17-6-2-3-7-18(17)24(28)31/h1,4-5,8-10,13,17-18H,2-3,6-7,11-12,14H2/t17-,18-/m1/s1. The third-order valence-corrected chi connectivity index (χ3v) is 9.10. The van der Waals surface area contributed by atoms with Gasteiger partial charge in [0.15, 0.2) is 4.34 Å². The van der Waals surface area contributed by atoms with Crippen molar-refractivity contribution in [3.05, 3.63) is 48.0 Å². The van der Waals surface area contributed by atoms with E-state index >= 15 is 0 Å². The second-order valence-corrected chi connectivity index (χ2v) is 11.1. The quantitative estimate of drug-likeness (QED) is 0.404. The molecule has 0 bridgehead atoms. The zero-order valence-electron chi connectivity index (χ0n) is 18.0. The number of aromatic nitrogens is 1. The van der Waals surface area contributed by atoms with Crippen LogP contribution in [0.15, 0.2) is 46.8 Å². The molecule has 1 saturated heterocycles. The highest BCUT2D eigenvalue weighted by Crippen LogP contribution is 2.41. The van der Waals surface area contributed by atoms with Gasteiger partial charge in [0.25, 0.3) is 0 Å². The minimum absolute atomic E-state index is 0.0559. The van der Waals surface area contributed by atoms with Gasteiger partial charge in [-0.1, -0.05) is 42.8 Å². The van der Waals surface area contributed by atoms with Gasteiger partial charge in [0.2, 0.25) is 17.7 Å². The number of hydrogen-bond donors (Lipinski definition) is 0. The Morgan fingerprint density at radius 2 is 1.82 bits per heavy atom. The third-order valence-electron chi connectivity index (χ3n) is 6.96. The van der Waals surface area contributed by atoms with E-state index in [1.165, 1.54) is 33.6 Å². The predicted molar refractivity (Wildman–Crippen MR) is 131 cm³/mol. The Bertz CT molecular complexity index is 1260. The lowest BCUT2D eigenvalue weighted by molar-refractivity contribution is -0.122. The Kier molecular flexibility index (Phi) is 5.22. The Morgan fingerprint density at radius 1 is 1.06 bits per heavy atom. The minimum Gasteiger partial charge on any atom is -0.311 e. The molecule has 0 spiro atoms. The van der Waals surface area contributed by atoms with E-state index in [1.807, 2.05) is 41.3 Å². The van der Waals surface area contributed by atoms with E-state index in [0.717, 1.165) is 58.9 Å². The number of imide groups is 1. The highest BCUT2D eigenvalue weighted by molar-refractivity contribution is 8.01. The molecule has 3 aliphatic rings. The molecule has 3 amide bonds. The minimum atomic E-state index is -0.156. The Balaban J connectivity index is 1.18. The van der Waals surface area contributed by atoms with Crippen molar-refractivity contribution in [2.75, 3.05) is 22.1 Å². The van der Waals surface area contributed by atoms with Gasteiger partial charge in [0.05, 0.1) is 33.5 Å². The fourth-order valence-corrected chi connectivity index (χ4v) is 7.29. The highest BCUT2D eigenvalue weighted by atomic mass is 32.2. The van der Waals surface area contributed by atoms with Crippen molar-refractivity contribution in [2.45, 2.75) is 36.4 Å². The van der Waals surface area contributed by atoms with Crippen molar-refractivity contribution in [1.29, 1.82) is 0 Å². The van der Waals surface area contributed by atoms with Crippen LogP contribution in [0, 0.1) is 11.8 Å². The van der Waals surface area contributed by atoms with E-state index in [1.54, 1.807) is 0 Å². The molecule has 2 fully saturated rings. The number of nitrogens with zero attached hydrogens (tertiary/aromatic N) is 3. The molecular weight excluding hydrogens is 454 g/mol. The normalized spacial score (nSPS) is 22.2. The molecule has 2 atom stereocenters. The van der Waals surface area contributed by atoms with Crippen molar-refractivity contribution in [1.82, 2.24) is 4.98 Å². The lowest BCUT2D eigenvalue weighted by Crippen LogP contribution is -2.30. The van der Waals surface area contributed by atoms with E-state index in [4.69, 9.17) is 0 Å². The Hall–Kier alpha value is -2.71. The summed E-state index contributed by atoms with van der Waals surface area (Å²) in [7, 11) is 0. The highest BCUT2D eigenvalue weighted by Gasteiger charge is 2.48. The van der Waals surface area contributed by atoms with Crippen LogP contribution in [0.2, 0.25) is 0 Å². The summed E-state index contributed by atoms with van der Waals surface area (Å²) in [5.41, 5.74) is 3.69. The third kappa shape index (κ3) is 3.56. The molecule has 33 heavy (non-hydrogen) atoms. The molecule has 0 radical (unpaired) electrons. The van der Waals surface area contributed by atoms with Crippen LogP contribution in [-0.4, -0.2) is 35.0 Å². The predicted octanol–water partition coefficient (Wildman–Crippen LogP) is 4.66. The van der Waals surface area contributed by atoms with Gasteiger partial charge in [-0.05, 0) is 49.1 Å². The van der Waals surface area contributed by atoms with Gasteiger partial charge in [-0.25, -0.2) is 4.98 Å². The summed E-state index contributed by atoms with van der Waals surface area (Å²) in [6.07, 6.45) is 4.55. The van der Waals surface area contributed by atoms with Gasteiger partial charge >= 0.3 is 0 Å². The number of rotatable bonds is 4. The molecule has 6 rings (SSSR count). The van der Waals surface area contributed by atoms with Crippen LogP contribution < -0.4 is 9.80 Å². The van der Waals surface area contributed by atoms with Crippen LogP contribution in [0.4, 0.5) is 11.4 Å². The maximum Gasteiger partial charge on any atom is 0.237 e. The molecule has 1 aliphatic carbocycles. The van der Waals surface area contributed by atoms with Crippen molar-refractivity contribution >= 4 is 62.4 Å². The maximum absolute atomic E-state index is 12.9. The maximum atomic E-state index is 12.9. The van der Waals surface area contributed by atoms with Crippen molar-refractivity contribution < 1.29 is 14.4 Å². The summed E-state index contributed by atoms with van der Waals surface area (Å²) in [6, 6.07) is 13.6. The lowest BCUT2D eigenvalue weighted by Gasteiger charge is -2.19. The summed E-state index contributed by atoms with van der Waals surface area (Å²) < 4.78 is 1.74. The number of thioether (sulfide) groups is 1. The van der Waals surface area contributed by atoms with Gasteiger partial charge < -0.3 is 4.90 Å². The van der Waals surface area contributed by atoms with Crippen molar-refractivity contribution in [3.63, 3.8) is 0 Å². The average molecular weight is 478 g/mol. The second kappa shape index (κ2) is 8.25. The smallest absolute Gasteiger partial charge is 0.237 e. The number of benzene rings is 2. The van der Waals surface area contributed by atoms with Gasteiger partial charge in [-0.15, -0.1) is 11.3 Å². The molecule has 1 aromatic heterocycles. The van der Waals surface area contributed by atoms with E-state index in [-0.39, 0.29) is 29.6 Å². The number of carbonyl (C=O) groups is 3. The molecule has 6 nitrogen and oxygen atoms in total. The van der Waals surface area contributed by atoms with Crippen LogP contribution in [0.25, 0.3) is 10.2 Å². The van der Waals surface area contributed by atoms with E-state index in [0.29, 0.717) is 11.4 Å². The van der Waals surface area contributed by atoms with E-state index < -0.39 is 0 Å². The first-order chi connectivity index (χ1) is 16.1. The summed E-state index contributed by atoms with van der Waals surface area (Å²) in [6.45, 7) is 0.724. The fraction of sp³-hybridized carbons (Fsp3) is 0.360. The first-order valence-electron chi connectivity index (χ1n) is 11.4. The first kappa shape index (κ1) is 20.9. The monoisotopic (exact) mass is 477 g/mol. The first-order valence-corrected chi connectivity index (χ1v) is 13.2. The van der Waals surface area contributed by atoms with Gasteiger partial charge in [0.1, 0.15) is 0 Å². The molecule has 3 heterocycles. The summed E-state index contributed by atoms with van der Waals surface area (Å²) in [5.74, 6) is -0.0133. The summed E-state index contributed by atoms with van der Waals surface area (Å²) >= 11 is 2.94. The van der Waals surface area contributed by atoms with Crippen molar-refractivity contribution in [3.8, 4) is 0 Å². The second-order valence-electron chi connectivity index (χ2n) is 8.85. The number of anilines is 2. The number of fused-ring (bicyclic) bond motifs is 3. The number of amides is 3. The molecule has 2 aliphatic heterocycles. The lowest BCUT2D eigenvalue weighted by atomic mass is 9.81. The van der Waals surface area contributed by atoms with Crippen LogP contribution in [-0.2, 0) is 20.8 Å². The van der Waals surface area contributed by atoms with Gasteiger partial charge in [-0.2, -0.15) is 0 Å². The SMILES string of the molecule is O=C(CSc1nc2ccc(N3C(=O)[C@@H]4CCCC[C@H]4C3=O)cc2s1)N1CCc2ccccc21. The number of carbonyl (C=O) groups excluding carboxylic acids is 3. The van der Waals surface area contributed by atoms with Crippen molar-refractivity contribution in [2.24, 2.45) is 11.8 Å². The average Bonchev–Trinajstić information content (AvgIpc) is 3.52. The molecule has 0 unspecified atom stereocenters. The Labute approximate surface area is 200 Å². The van der Waals surface area contributed by atoms with Crippen LogP contribution in [0.5, 0.6) is 0 Å². The largest absolute Gasteiger partial charge is 0.311 e. The molecule has 8 heteroatoms. The number of para-hydroxylation sites is 1. The fourth-order valence-electron chi connectivity index (χ4n) is 5.31. The van der Waals surface area contributed by atoms with Crippen LogP contribution >= 0.6 is 23.1 Å².